The molecule has 1 nitrogen and oxygen atoms in total. The van der Waals surface area contributed by atoms with Gasteiger partial charge in [-0.1, -0.05) is 30.3 Å². The third-order valence-electron chi connectivity index (χ3n) is 5.31. The second-order valence-corrected chi connectivity index (χ2v) is 6.70. The van der Waals surface area contributed by atoms with Crippen LogP contribution in [0.25, 0.3) is 0 Å². The van der Waals surface area contributed by atoms with E-state index in [4.69, 9.17) is 0 Å². The predicted octanol–water partition coefficient (Wildman–Crippen LogP) is 3.52. The third-order valence-corrected chi connectivity index (χ3v) is 5.31. The maximum Gasteiger partial charge on any atom is 0.00159 e. The molecule has 2 unspecified atom stereocenters. The van der Waals surface area contributed by atoms with E-state index in [1.54, 1.807) is 5.56 Å². The SMILES string of the molecule is c1ccc(C2C3CCC2CN(CC2CC2)C3)cc1. The second-order valence-electron chi connectivity index (χ2n) is 6.70. The van der Waals surface area contributed by atoms with Crippen LogP contribution in [0, 0.1) is 17.8 Å². The molecule has 0 amide bonds. The molecule has 2 aliphatic carbocycles. The smallest absolute Gasteiger partial charge is 0.00159 e. The fraction of sp³-hybridized carbons (Fsp3) is 0.647. The summed E-state index contributed by atoms with van der Waals surface area (Å²) in [6, 6.07) is 11.3. The Morgan fingerprint density at radius 2 is 1.56 bits per heavy atom. The Bertz CT molecular complexity index is 395. The molecule has 0 aromatic heterocycles. The van der Waals surface area contributed by atoms with Crippen molar-refractivity contribution >= 4 is 0 Å². The zero-order valence-electron chi connectivity index (χ0n) is 11.1. The quantitative estimate of drug-likeness (QED) is 0.782. The number of hydrogen-bond acceptors (Lipinski definition) is 1. The summed E-state index contributed by atoms with van der Waals surface area (Å²) in [4.78, 5) is 2.78. The molecule has 1 aromatic rings. The standard InChI is InChI=1S/C17H23N/c1-2-4-14(5-3-1)17-15-8-9-16(17)12-18(11-15)10-13-6-7-13/h1-5,13,15-17H,6-12H2. The van der Waals surface area contributed by atoms with Gasteiger partial charge in [0.25, 0.3) is 0 Å². The first-order chi connectivity index (χ1) is 8.90. The predicted molar refractivity (Wildman–Crippen MR) is 74.6 cm³/mol. The normalized spacial score (nSPS) is 35.9. The largest absolute Gasteiger partial charge is 0.302 e. The summed E-state index contributed by atoms with van der Waals surface area (Å²) >= 11 is 0. The highest BCUT2D eigenvalue weighted by atomic mass is 15.1. The average molecular weight is 241 g/mol. The number of fused-ring (bicyclic) bond motifs is 2. The van der Waals surface area contributed by atoms with Gasteiger partial charge in [-0.05, 0) is 54.9 Å². The Morgan fingerprint density at radius 3 is 2.17 bits per heavy atom. The van der Waals surface area contributed by atoms with Crippen molar-refractivity contribution in [2.75, 3.05) is 19.6 Å². The zero-order chi connectivity index (χ0) is 11.9. The molecule has 1 saturated heterocycles. The first-order valence-corrected chi connectivity index (χ1v) is 7.67. The topological polar surface area (TPSA) is 3.24 Å². The molecular weight excluding hydrogens is 218 g/mol. The molecule has 3 aliphatic rings. The highest BCUT2D eigenvalue weighted by Crippen LogP contribution is 2.48. The lowest BCUT2D eigenvalue weighted by atomic mass is 9.80. The lowest BCUT2D eigenvalue weighted by Gasteiger charge is -2.38. The summed E-state index contributed by atoms with van der Waals surface area (Å²) in [6.07, 6.45) is 5.92. The summed E-state index contributed by atoms with van der Waals surface area (Å²) in [5, 5.41) is 0. The number of benzene rings is 1. The number of nitrogens with zero attached hydrogens (tertiary/aromatic N) is 1. The van der Waals surface area contributed by atoms with Crippen molar-refractivity contribution in [3.8, 4) is 0 Å². The molecular formula is C17H23N. The van der Waals surface area contributed by atoms with Gasteiger partial charge < -0.3 is 4.90 Å². The molecule has 1 heteroatoms. The molecule has 3 fully saturated rings. The molecule has 2 bridgehead atoms. The minimum Gasteiger partial charge on any atom is -0.302 e. The van der Waals surface area contributed by atoms with Crippen LogP contribution in [0.15, 0.2) is 30.3 Å². The van der Waals surface area contributed by atoms with Crippen LogP contribution in [0.3, 0.4) is 0 Å². The van der Waals surface area contributed by atoms with E-state index in [1.807, 2.05) is 0 Å². The summed E-state index contributed by atoms with van der Waals surface area (Å²) in [6.45, 7) is 4.13. The van der Waals surface area contributed by atoms with E-state index in [9.17, 15) is 0 Å². The van der Waals surface area contributed by atoms with Gasteiger partial charge >= 0.3 is 0 Å². The molecule has 18 heavy (non-hydrogen) atoms. The third kappa shape index (κ3) is 1.99. The number of piperidine rings is 1. The van der Waals surface area contributed by atoms with Gasteiger partial charge in [0.1, 0.15) is 0 Å². The molecule has 2 saturated carbocycles. The maximum absolute atomic E-state index is 2.78. The molecule has 4 rings (SSSR count). The van der Waals surface area contributed by atoms with Crippen LogP contribution in [0.4, 0.5) is 0 Å². The van der Waals surface area contributed by atoms with Crippen molar-refractivity contribution in [2.24, 2.45) is 17.8 Å². The van der Waals surface area contributed by atoms with Crippen molar-refractivity contribution < 1.29 is 0 Å². The first-order valence-electron chi connectivity index (χ1n) is 7.67. The monoisotopic (exact) mass is 241 g/mol. The fourth-order valence-corrected chi connectivity index (χ4v) is 4.35. The van der Waals surface area contributed by atoms with E-state index in [0.717, 1.165) is 23.7 Å². The molecule has 96 valence electrons. The minimum atomic E-state index is 0.863. The Hall–Kier alpha value is -0.820. The molecule has 1 aromatic carbocycles. The van der Waals surface area contributed by atoms with E-state index in [2.05, 4.69) is 35.2 Å². The van der Waals surface area contributed by atoms with Crippen LogP contribution in [0.5, 0.6) is 0 Å². The van der Waals surface area contributed by atoms with Crippen molar-refractivity contribution in [1.82, 2.24) is 4.90 Å². The Labute approximate surface area is 110 Å². The van der Waals surface area contributed by atoms with E-state index in [-0.39, 0.29) is 0 Å². The molecule has 2 atom stereocenters. The van der Waals surface area contributed by atoms with Gasteiger partial charge in [-0.15, -0.1) is 0 Å². The maximum atomic E-state index is 2.78. The fourth-order valence-electron chi connectivity index (χ4n) is 4.35. The average Bonchev–Trinajstić information content (AvgIpc) is 3.16. The van der Waals surface area contributed by atoms with E-state index in [1.165, 1.54) is 45.3 Å². The lowest BCUT2D eigenvalue weighted by Crippen LogP contribution is -2.41. The van der Waals surface area contributed by atoms with Crippen LogP contribution < -0.4 is 0 Å². The van der Waals surface area contributed by atoms with Gasteiger partial charge in [-0.3, -0.25) is 0 Å². The Morgan fingerprint density at radius 1 is 0.889 bits per heavy atom. The van der Waals surface area contributed by atoms with Gasteiger partial charge in [0.15, 0.2) is 0 Å². The van der Waals surface area contributed by atoms with Gasteiger partial charge in [0.05, 0.1) is 0 Å². The summed E-state index contributed by atoms with van der Waals surface area (Å²) in [7, 11) is 0. The van der Waals surface area contributed by atoms with Crippen molar-refractivity contribution in [2.45, 2.75) is 31.6 Å². The Balaban J connectivity index is 1.51. The van der Waals surface area contributed by atoms with Crippen LogP contribution >= 0.6 is 0 Å². The van der Waals surface area contributed by atoms with E-state index in [0.29, 0.717) is 0 Å². The number of rotatable bonds is 3. The van der Waals surface area contributed by atoms with Crippen LogP contribution in [0.2, 0.25) is 0 Å². The van der Waals surface area contributed by atoms with Gasteiger partial charge in [-0.2, -0.15) is 0 Å². The summed E-state index contributed by atoms with van der Waals surface area (Å²) in [5.41, 5.74) is 1.61. The molecule has 0 spiro atoms. The van der Waals surface area contributed by atoms with Gasteiger partial charge in [0.2, 0.25) is 0 Å². The van der Waals surface area contributed by atoms with Gasteiger partial charge in [0, 0.05) is 19.6 Å². The van der Waals surface area contributed by atoms with Crippen molar-refractivity contribution in [3.05, 3.63) is 35.9 Å². The van der Waals surface area contributed by atoms with Crippen molar-refractivity contribution in [1.29, 1.82) is 0 Å². The molecule has 0 N–H and O–H groups in total. The molecule has 1 aliphatic heterocycles. The van der Waals surface area contributed by atoms with Crippen LogP contribution in [-0.2, 0) is 0 Å². The highest BCUT2D eigenvalue weighted by molar-refractivity contribution is 5.24. The highest BCUT2D eigenvalue weighted by Gasteiger charge is 2.43. The van der Waals surface area contributed by atoms with E-state index >= 15 is 0 Å². The minimum absolute atomic E-state index is 0.863. The second kappa shape index (κ2) is 4.38. The lowest BCUT2D eigenvalue weighted by molar-refractivity contribution is 0.140. The zero-order valence-corrected chi connectivity index (χ0v) is 11.1. The summed E-state index contributed by atoms with van der Waals surface area (Å²) < 4.78 is 0. The van der Waals surface area contributed by atoms with E-state index < -0.39 is 0 Å². The Kier molecular flexibility index (Phi) is 2.69. The first kappa shape index (κ1) is 11.0. The van der Waals surface area contributed by atoms with Crippen LogP contribution in [-0.4, -0.2) is 24.5 Å². The van der Waals surface area contributed by atoms with Crippen LogP contribution in [0.1, 0.15) is 37.2 Å². The van der Waals surface area contributed by atoms with Crippen molar-refractivity contribution in [3.63, 3.8) is 0 Å². The summed E-state index contributed by atoms with van der Waals surface area (Å²) in [5.74, 6) is 3.79. The molecule has 1 heterocycles. The number of hydrogen-bond donors (Lipinski definition) is 0. The molecule has 0 radical (unpaired) electrons. The van der Waals surface area contributed by atoms with Gasteiger partial charge in [-0.25, -0.2) is 0 Å². The number of likely N-dealkylation sites (tertiary alicyclic amines) is 1.